The Hall–Kier alpha value is -2.49. The summed E-state index contributed by atoms with van der Waals surface area (Å²) in [6.07, 6.45) is 7.11. The summed E-state index contributed by atoms with van der Waals surface area (Å²) in [5.74, 6) is -2.34. The Morgan fingerprint density at radius 3 is 2.47 bits per heavy atom. The monoisotopic (exact) mass is 502 g/mol. The van der Waals surface area contributed by atoms with Gasteiger partial charge in [-0.25, -0.2) is 14.4 Å². The first-order valence-electron chi connectivity index (χ1n) is 12.7. The van der Waals surface area contributed by atoms with Gasteiger partial charge in [0, 0.05) is 24.0 Å². The lowest BCUT2D eigenvalue weighted by Crippen LogP contribution is -2.66. The summed E-state index contributed by atoms with van der Waals surface area (Å²) in [4.78, 5) is 37.6. The summed E-state index contributed by atoms with van der Waals surface area (Å²) in [5.41, 5.74) is -0.820. The second kappa shape index (κ2) is 9.11. The Kier molecular flexibility index (Phi) is 6.37. The molecular weight excluding hydrogens is 468 g/mol. The van der Waals surface area contributed by atoms with E-state index in [4.69, 9.17) is 23.7 Å². The topological polar surface area (TPSA) is 121 Å². The number of esters is 3. The normalized spacial score (nSPS) is 45.9. The highest BCUT2D eigenvalue weighted by Gasteiger charge is 2.83. The van der Waals surface area contributed by atoms with E-state index in [1.165, 1.54) is 29.9 Å². The molecule has 1 saturated carbocycles. The molecule has 0 aromatic carbocycles. The third-order valence-corrected chi connectivity index (χ3v) is 9.12. The number of aliphatic hydroxyl groups excluding tert-OH is 1. The summed E-state index contributed by atoms with van der Waals surface area (Å²) in [6, 6.07) is 0. The molecule has 5 rings (SSSR count). The highest BCUT2D eigenvalue weighted by atomic mass is 16.6. The van der Waals surface area contributed by atoms with E-state index in [-0.39, 0.29) is 31.8 Å². The van der Waals surface area contributed by atoms with Gasteiger partial charge in [-0.3, -0.25) is 0 Å². The standard InChI is InChI=1S/C27H34O9/c1-16-8-10-26-14-33-24(31)23(30)17(2)9-11-32-21(28)6-4-5-7-22(29)36-18-13-20(35-19(26)12-16)27(15-34-27)25(18,26)3/h4-7,12,17-20,23,30H,8-11,13-15H2,1-3H3/b6-4+,7-5?/t17-,18-,19-,20-,23+,25-,26-,27+/m1/s1. The van der Waals surface area contributed by atoms with Crippen LogP contribution in [0.5, 0.6) is 0 Å². The zero-order valence-electron chi connectivity index (χ0n) is 20.9. The first-order chi connectivity index (χ1) is 17.1. The molecule has 5 aliphatic rings. The van der Waals surface area contributed by atoms with Crippen molar-refractivity contribution in [3.63, 3.8) is 0 Å². The average Bonchev–Trinajstić information content (AvgIpc) is 3.62. The second-order valence-electron chi connectivity index (χ2n) is 11.0. The molecule has 3 fully saturated rings. The molecule has 2 spiro atoms. The van der Waals surface area contributed by atoms with Gasteiger partial charge in [-0.1, -0.05) is 37.6 Å². The van der Waals surface area contributed by atoms with Crippen molar-refractivity contribution in [3.8, 4) is 0 Å². The van der Waals surface area contributed by atoms with Gasteiger partial charge in [-0.05, 0) is 32.1 Å². The molecule has 3 aliphatic heterocycles. The predicted molar refractivity (Wildman–Crippen MR) is 125 cm³/mol. The summed E-state index contributed by atoms with van der Waals surface area (Å²) < 4.78 is 29.6. The zero-order chi connectivity index (χ0) is 25.7. The summed E-state index contributed by atoms with van der Waals surface area (Å²) in [6.45, 7) is 6.34. The molecule has 1 N–H and O–H groups in total. The van der Waals surface area contributed by atoms with Crippen LogP contribution in [0.15, 0.2) is 36.0 Å². The van der Waals surface area contributed by atoms with E-state index in [0.29, 0.717) is 19.4 Å². The first kappa shape index (κ1) is 25.2. The lowest BCUT2D eigenvalue weighted by atomic mass is 9.51. The van der Waals surface area contributed by atoms with Gasteiger partial charge in [0.1, 0.15) is 18.3 Å². The molecule has 8 atom stereocenters. The molecule has 196 valence electrons. The van der Waals surface area contributed by atoms with Gasteiger partial charge in [0.15, 0.2) is 6.10 Å². The fourth-order valence-electron chi connectivity index (χ4n) is 6.65. The van der Waals surface area contributed by atoms with Crippen LogP contribution in [0.25, 0.3) is 0 Å². The van der Waals surface area contributed by atoms with Crippen LogP contribution in [0, 0.1) is 16.7 Å². The molecule has 2 aliphatic carbocycles. The molecule has 0 aromatic heterocycles. The third-order valence-electron chi connectivity index (χ3n) is 9.12. The molecule has 0 unspecified atom stereocenters. The number of rotatable bonds is 0. The molecule has 36 heavy (non-hydrogen) atoms. The van der Waals surface area contributed by atoms with E-state index in [2.05, 4.69) is 19.9 Å². The van der Waals surface area contributed by atoms with Crippen molar-refractivity contribution in [1.82, 2.24) is 0 Å². The summed E-state index contributed by atoms with van der Waals surface area (Å²) >= 11 is 0. The zero-order valence-corrected chi connectivity index (χ0v) is 20.9. The van der Waals surface area contributed by atoms with Gasteiger partial charge in [0.2, 0.25) is 0 Å². The molecule has 9 heteroatoms. The summed E-state index contributed by atoms with van der Waals surface area (Å²) in [5, 5.41) is 10.6. The molecule has 2 saturated heterocycles. The SMILES string of the molecule is CC1=C[C@H]2O[C@@H]3C[C@H]4OC(=O)C=C/C=C/C(=O)OCC[C@@H](C)[C@H](O)C(=O)OC[C@@]2(CC1)[C@]4(C)[C@]31CO1. The Balaban J connectivity index is 1.52. The molecule has 0 aromatic rings. The first-order valence-corrected chi connectivity index (χ1v) is 12.7. The van der Waals surface area contributed by atoms with E-state index in [9.17, 15) is 19.5 Å². The number of carbonyl (C=O) groups excluding carboxylic acids is 3. The summed E-state index contributed by atoms with van der Waals surface area (Å²) in [7, 11) is 0. The van der Waals surface area contributed by atoms with Crippen LogP contribution < -0.4 is 0 Å². The number of hydrogen-bond acceptors (Lipinski definition) is 9. The van der Waals surface area contributed by atoms with Crippen molar-refractivity contribution in [2.24, 2.45) is 16.7 Å². The van der Waals surface area contributed by atoms with Crippen molar-refractivity contribution in [3.05, 3.63) is 36.0 Å². The van der Waals surface area contributed by atoms with Crippen molar-refractivity contribution in [2.45, 2.75) is 76.5 Å². The number of aliphatic hydroxyl groups is 1. The van der Waals surface area contributed by atoms with Gasteiger partial charge in [0.25, 0.3) is 0 Å². The largest absolute Gasteiger partial charge is 0.463 e. The van der Waals surface area contributed by atoms with Gasteiger partial charge < -0.3 is 28.8 Å². The Bertz CT molecular complexity index is 1020. The Morgan fingerprint density at radius 1 is 1.03 bits per heavy atom. The predicted octanol–water partition coefficient (Wildman–Crippen LogP) is 2.17. The van der Waals surface area contributed by atoms with Crippen molar-refractivity contribution in [2.75, 3.05) is 19.8 Å². The molecule has 3 heterocycles. The minimum absolute atomic E-state index is 0.00000344. The maximum atomic E-state index is 12.9. The third kappa shape index (κ3) is 3.83. The molecule has 0 radical (unpaired) electrons. The molecule has 9 nitrogen and oxygen atoms in total. The van der Waals surface area contributed by atoms with Crippen molar-refractivity contribution in [1.29, 1.82) is 0 Å². The second-order valence-corrected chi connectivity index (χ2v) is 11.0. The van der Waals surface area contributed by atoms with Crippen LogP contribution in [0.3, 0.4) is 0 Å². The number of cyclic esters (lactones) is 2. The Morgan fingerprint density at radius 2 is 1.75 bits per heavy atom. The van der Waals surface area contributed by atoms with Crippen LogP contribution in [-0.2, 0) is 38.1 Å². The molecule has 0 amide bonds. The van der Waals surface area contributed by atoms with Crippen molar-refractivity contribution < 1.29 is 43.2 Å². The fourth-order valence-corrected chi connectivity index (χ4v) is 6.65. The van der Waals surface area contributed by atoms with Gasteiger partial charge in [-0.15, -0.1) is 0 Å². The highest BCUT2D eigenvalue weighted by molar-refractivity contribution is 5.84. The van der Waals surface area contributed by atoms with Gasteiger partial charge in [0.05, 0.1) is 30.8 Å². The minimum atomic E-state index is -1.37. The van der Waals surface area contributed by atoms with Crippen LogP contribution in [0.4, 0.5) is 0 Å². The van der Waals surface area contributed by atoms with Gasteiger partial charge >= 0.3 is 17.9 Å². The fraction of sp³-hybridized carbons (Fsp3) is 0.667. The van der Waals surface area contributed by atoms with E-state index in [1.54, 1.807) is 6.92 Å². The smallest absolute Gasteiger partial charge is 0.335 e. The number of ether oxygens (including phenoxy) is 5. The van der Waals surface area contributed by atoms with Crippen molar-refractivity contribution >= 4 is 17.9 Å². The number of carbonyl (C=O) groups is 3. The highest BCUT2D eigenvalue weighted by Crippen LogP contribution is 2.72. The minimum Gasteiger partial charge on any atom is -0.463 e. The van der Waals surface area contributed by atoms with Gasteiger partial charge in [-0.2, -0.15) is 0 Å². The van der Waals surface area contributed by atoms with Crippen LogP contribution in [0.2, 0.25) is 0 Å². The van der Waals surface area contributed by atoms with E-state index >= 15 is 0 Å². The number of epoxide rings is 1. The van der Waals surface area contributed by atoms with E-state index in [1.807, 2.05) is 0 Å². The van der Waals surface area contributed by atoms with E-state index in [0.717, 1.165) is 6.42 Å². The maximum absolute atomic E-state index is 12.9. The quantitative estimate of drug-likeness (QED) is 0.230. The van der Waals surface area contributed by atoms with Crippen LogP contribution in [-0.4, -0.2) is 72.9 Å². The lowest BCUT2D eigenvalue weighted by Gasteiger charge is -2.58. The number of allylic oxidation sites excluding steroid dienone is 3. The molecule has 2 bridgehead atoms. The Labute approximate surface area is 210 Å². The van der Waals surface area contributed by atoms with Crippen LogP contribution >= 0.6 is 0 Å². The number of hydrogen-bond donors (Lipinski definition) is 1. The maximum Gasteiger partial charge on any atom is 0.335 e. The molecular formula is C27H34O9. The average molecular weight is 503 g/mol. The van der Waals surface area contributed by atoms with E-state index < -0.39 is 52.5 Å². The van der Waals surface area contributed by atoms with Crippen LogP contribution in [0.1, 0.15) is 46.5 Å². The lowest BCUT2D eigenvalue weighted by molar-refractivity contribution is -0.234.